The van der Waals surface area contributed by atoms with Gasteiger partial charge in [-0.15, -0.1) is 21.5 Å². The average Bonchev–Trinajstić information content (AvgIpc) is 3.16. The fourth-order valence-corrected chi connectivity index (χ4v) is 5.18. The first-order chi connectivity index (χ1) is 10.7. The average molecular weight is 406 g/mol. The van der Waals surface area contributed by atoms with Crippen LogP contribution in [0.5, 0.6) is 0 Å². The van der Waals surface area contributed by atoms with Gasteiger partial charge in [-0.1, -0.05) is 64.1 Å². The maximum atomic E-state index is 6.05. The molecule has 0 N–H and O–H groups in total. The maximum Gasteiger partial charge on any atom is 0.175 e. The number of thiazole rings is 1. The second-order valence-electron chi connectivity index (χ2n) is 4.08. The predicted octanol–water partition coefficient (Wildman–Crippen LogP) is 5.98. The molecule has 0 bridgehead atoms. The zero-order chi connectivity index (χ0) is 15.5. The summed E-state index contributed by atoms with van der Waals surface area (Å²) in [4.78, 5) is 4.64. The zero-order valence-electron chi connectivity index (χ0n) is 11.2. The fraction of sp³-hybridized carbons (Fsp3) is 0.154. The molecule has 0 unspecified atom stereocenters. The lowest BCUT2D eigenvalue weighted by Crippen LogP contribution is -1.82. The molecule has 0 aliphatic rings. The quantitative estimate of drug-likeness (QED) is 0.487. The molecule has 3 aromatic rings. The Labute approximate surface area is 154 Å². The number of halogens is 2. The third-order valence-corrected chi connectivity index (χ3v) is 7.46. The van der Waals surface area contributed by atoms with Crippen molar-refractivity contribution < 1.29 is 0 Å². The summed E-state index contributed by atoms with van der Waals surface area (Å²) in [5.74, 6) is 0.787. The van der Waals surface area contributed by atoms with Gasteiger partial charge >= 0.3 is 0 Å². The SMILES string of the molecule is CSc1nnc(SCc2nc(-c3ccc(Cl)c(Cl)c3)cs2)s1. The van der Waals surface area contributed by atoms with E-state index in [9.17, 15) is 0 Å². The molecular formula is C13H9Cl2N3S4. The van der Waals surface area contributed by atoms with Crippen molar-refractivity contribution in [1.82, 2.24) is 15.2 Å². The monoisotopic (exact) mass is 405 g/mol. The van der Waals surface area contributed by atoms with Crippen molar-refractivity contribution in [2.24, 2.45) is 0 Å². The van der Waals surface area contributed by atoms with Gasteiger partial charge in [0.2, 0.25) is 0 Å². The Kier molecular flexibility index (Phi) is 5.64. The maximum absolute atomic E-state index is 6.05. The largest absolute Gasteiger partial charge is 0.240 e. The van der Waals surface area contributed by atoms with Crippen molar-refractivity contribution in [3.63, 3.8) is 0 Å². The molecule has 1 aromatic carbocycles. The Balaban J connectivity index is 1.69. The van der Waals surface area contributed by atoms with Gasteiger partial charge < -0.3 is 0 Å². The molecule has 0 atom stereocenters. The first-order valence-electron chi connectivity index (χ1n) is 6.06. The van der Waals surface area contributed by atoms with Crippen LogP contribution >= 0.6 is 69.4 Å². The molecule has 0 amide bonds. The van der Waals surface area contributed by atoms with Crippen LogP contribution in [0, 0.1) is 0 Å². The van der Waals surface area contributed by atoms with Crippen LogP contribution in [0.4, 0.5) is 0 Å². The first-order valence-corrected chi connectivity index (χ1v) is 10.7. The molecule has 2 aromatic heterocycles. The van der Waals surface area contributed by atoms with E-state index in [4.69, 9.17) is 23.2 Å². The van der Waals surface area contributed by atoms with Gasteiger partial charge in [0.1, 0.15) is 5.01 Å². The summed E-state index contributed by atoms with van der Waals surface area (Å²) in [6, 6.07) is 5.55. The number of hydrogen-bond acceptors (Lipinski definition) is 7. The summed E-state index contributed by atoms with van der Waals surface area (Å²) >= 11 is 18.5. The molecule has 0 fully saturated rings. The van der Waals surface area contributed by atoms with Gasteiger partial charge in [-0.05, 0) is 18.4 Å². The number of nitrogens with zero attached hydrogens (tertiary/aromatic N) is 3. The van der Waals surface area contributed by atoms with Crippen LogP contribution in [0.25, 0.3) is 11.3 Å². The van der Waals surface area contributed by atoms with Gasteiger partial charge in [-0.3, -0.25) is 0 Å². The summed E-state index contributed by atoms with van der Waals surface area (Å²) in [5, 5.41) is 12.4. The van der Waals surface area contributed by atoms with Crippen molar-refractivity contribution in [2.75, 3.05) is 6.26 Å². The minimum Gasteiger partial charge on any atom is -0.240 e. The van der Waals surface area contributed by atoms with Crippen molar-refractivity contribution in [3.8, 4) is 11.3 Å². The van der Waals surface area contributed by atoms with Crippen molar-refractivity contribution in [3.05, 3.63) is 38.6 Å². The molecule has 0 radical (unpaired) electrons. The van der Waals surface area contributed by atoms with Gasteiger partial charge in [0.25, 0.3) is 0 Å². The Bertz CT molecular complexity index is 787. The normalized spacial score (nSPS) is 11.0. The van der Waals surface area contributed by atoms with Crippen LogP contribution in [0.3, 0.4) is 0 Å². The molecule has 0 saturated heterocycles. The molecule has 0 saturated carbocycles. The van der Waals surface area contributed by atoms with Gasteiger partial charge in [-0.2, -0.15) is 0 Å². The first kappa shape index (κ1) is 16.5. The van der Waals surface area contributed by atoms with E-state index in [0.29, 0.717) is 10.0 Å². The van der Waals surface area contributed by atoms with Crippen LogP contribution in [0.2, 0.25) is 10.0 Å². The van der Waals surface area contributed by atoms with Crippen molar-refractivity contribution in [2.45, 2.75) is 14.4 Å². The highest BCUT2D eigenvalue weighted by atomic mass is 35.5. The zero-order valence-corrected chi connectivity index (χ0v) is 16.0. The van der Waals surface area contributed by atoms with E-state index < -0.39 is 0 Å². The van der Waals surface area contributed by atoms with E-state index in [1.54, 1.807) is 52.3 Å². The lowest BCUT2D eigenvalue weighted by atomic mass is 10.2. The van der Waals surface area contributed by atoms with E-state index >= 15 is 0 Å². The number of aromatic nitrogens is 3. The standard InChI is InChI=1S/C13H9Cl2N3S4/c1-19-12-17-18-13(22-12)21-6-11-16-10(5-20-11)7-2-3-8(14)9(15)4-7/h2-5H,6H2,1H3. The topological polar surface area (TPSA) is 38.7 Å². The fourth-order valence-electron chi connectivity index (χ4n) is 1.63. The Morgan fingerprint density at radius 3 is 2.68 bits per heavy atom. The summed E-state index contributed by atoms with van der Waals surface area (Å²) in [7, 11) is 0. The van der Waals surface area contributed by atoms with Crippen LogP contribution < -0.4 is 0 Å². The van der Waals surface area contributed by atoms with Gasteiger partial charge in [0.15, 0.2) is 8.68 Å². The van der Waals surface area contributed by atoms with Crippen LogP contribution in [-0.2, 0) is 5.75 Å². The minimum absolute atomic E-state index is 0.543. The molecule has 9 heteroatoms. The minimum atomic E-state index is 0.543. The van der Waals surface area contributed by atoms with E-state index in [1.165, 1.54) is 0 Å². The molecule has 0 spiro atoms. The molecule has 3 rings (SSSR count). The third kappa shape index (κ3) is 3.96. The molecule has 22 heavy (non-hydrogen) atoms. The molecule has 114 valence electrons. The highest BCUT2D eigenvalue weighted by molar-refractivity contribution is 8.02. The van der Waals surface area contributed by atoms with Crippen molar-refractivity contribution >= 4 is 69.4 Å². The Morgan fingerprint density at radius 1 is 1.14 bits per heavy atom. The molecule has 2 heterocycles. The molecule has 0 aliphatic heterocycles. The van der Waals surface area contributed by atoms with E-state index in [1.807, 2.05) is 23.8 Å². The summed E-state index contributed by atoms with van der Waals surface area (Å²) in [6.45, 7) is 0. The number of hydrogen-bond donors (Lipinski definition) is 0. The van der Waals surface area contributed by atoms with Crippen LogP contribution in [0.15, 0.2) is 32.3 Å². The number of benzene rings is 1. The van der Waals surface area contributed by atoms with E-state index in [-0.39, 0.29) is 0 Å². The Morgan fingerprint density at radius 2 is 1.95 bits per heavy atom. The van der Waals surface area contributed by atoms with Gasteiger partial charge in [-0.25, -0.2) is 4.98 Å². The second-order valence-corrected chi connectivity index (χ2v) is 9.09. The second kappa shape index (κ2) is 7.51. The predicted molar refractivity (Wildman–Crippen MR) is 98.8 cm³/mol. The van der Waals surface area contributed by atoms with Gasteiger partial charge in [0, 0.05) is 10.9 Å². The molecular weight excluding hydrogens is 397 g/mol. The highest BCUT2D eigenvalue weighted by Gasteiger charge is 2.09. The molecule has 0 aliphatic carbocycles. The molecule has 3 nitrogen and oxygen atoms in total. The number of rotatable bonds is 5. The lowest BCUT2D eigenvalue weighted by molar-refractivity contribution is 0.955. The third-order valence-electron chi connectivity index (χ3n) is 2.65. The highest BCUT2D eigenvalue weighted by Crippen LogP contribution is 2.33. The summed E-state index contributed by atoms with van der Waals surface area (Å²) in [6.07, 6.45) is 2.00. The summed E-state index contributed by atoms with van der Waals surface area (Å²) < 4.78 is 1.95. The smallest absolute Gasteiger partial charge is 0.175 e. The van der Waals surface area contributed by atoms with Gasteiger partial charge in [0.05, 0.1) is 21.5 Å². The summed E-state index contributed by atoms with van der Waals surface area (Å²) in [5.41, 5.74) is 1.89. The van der Waals surface area contributed by atoms with Crippen molar-refractivity contribution in [1.29, 1.82) is 0 Å². The van der Waals surface area contributed by atoms with Crippen LogP contribution in [-0.4, -0.2) is 21.4 Å². The Hall–Kier alpha value is -0.310. The van der Waals surface area contributed by atoms with E-state index in [0.717, 1.165) is 30.7 Å². The number of thioether (sulfide) groups is 2. The lowest BCUT2D eigenvalue weighted by Gasteiger charge is -1.99. The van der Waals surface area contributed by atoms with Crippen LogP contribution in [0.1, 0.15) is 5.01 Å². The van der Waals surface area contributed by atoms with E-state index in [2.05, 4.69) is 15.2 Å².